The minimum atomic E-state index is 0.0116. The second kappa shape index (κ2) is 7.36. The maximum atomic E-state index is 11.1. The Morgan fingerprint density at radius 2 is 2.14 bits per heavy atom. The number of nitrogens with one attached hydrogen (secondary N) is 1. The normalized spacial score (nSPS) is 25.5. The van der Waals surface area contributed by atoms with E-state index in [1.165, 1.54) is 6.42 Å². The molecule has 0 radical (unpaired) electrons. The number of rotatable bonds is 2. The first-order valence-corrected chi connectivity index (χ1v) is 5.24. The van der Waals surface area contributed by atoms with Gasteiger partial charge in [0.1, 0.15) is 0 Å². The predicted octanol–water partition coefficient (Wildman–Crippen LogP) is 2.53. The zero-order chi connectivity index (χ0) is 11.0. The van der Waals surface area contributed by atoms with Gasteiger partial charge in [0.25, 0.3) is 0 Å². The van der Waals surface area contributed by atoms with E-state index in [2.05, 4.69) is 25.7 Å². The van der Waals surface area contributed by atoms with Crippen LogP contribution in [0.3, 0.4) is 0 Å². The summed E-state index contributed by atoms with van der Waals surface area (Å²) in [7, 11) is 0. The van der Waals surface area contributed by atoms with Crippen molar-refractivity contribution in [3.05, 3.63) is 24.8 Å². The fourth-order valence-electron chi connectivity index (χ4n) is 1.33. The number of hydrogen-bond acceptors (Lipinski definition) is 1. The summed E-state index contributed by atoms with van der Waals surface area (Å²) in [6.45, 7) is 10.6. The second-order valence-corrected chi connectivity index (χ2v) is 3.40. The average molecular weight is 195 g/mol. The summed E-state index contributed by atoms with van der Waals surface area (Å²) in [4.78, 5) is 11.1. The van der Waals surface area contributed by atoms with E-state index in [4.69, 9.17) is 0 Å². The van der Waals surface area contributed by atoms with E-state index in [0.29, 0.717) is 0 Å². The minimum absolute atomic E-state index is 0.0116. The molecule has 2 nitrogen and oxygen atoms in total. The molecular formula is C12H21NO. The first-order chi connectivity index (χ1) is 6.71. The Kier molecular flexibility index (Phi) is 6.81. The summed E-state index contributed by atoms with van der Waals surface area (Å²) in [5.74, 6) is 0.407. The van der Waals surface area contributed by atoms with Crippen molar-refractivity contribution >= 4 is 5.91 Å². The van der Waals surface area contributed by atoms with Crippen LogP contribution in [0.4, 0.5) is 0 Å². The molecule has 0 aromatic heterocycles. The van der Waals surface area contributed by atoms with E-state index >= 15 is 0 Å². The highest BCUT2D eigenvalue weighted by molar-refractivity contribution is 5.83. The predicted molar refractivity (Wildman–Crippen MR) is 61.0 cm³/mol. The molecule has 1 fully saturated rings. The molecule has 1 N–H and O–H groups in total. The zero-order valence-electron chi connectivity index (χ0n) is 9.42. The van der Waals surface area contributed by atoms with Crippen LogP contribution in [0.1, 0.15) is 27.2 Å². The van der Waals surface area contributed by atoms with Gasteiger partial charge in [-0.25, -0.2) is 0 Å². The Morgan fingerprint density at radius 1 is 1.57 bits per heavy atom. The summed E-state index contributed by atoms with van der Waals surface area (Å²) in [6, 6.07) is 0. The molecule has 1 aliphatic rings. The number of amides is 1. The van der Waals surface area contributed by atoms with E-state index < -0.39 is 0 Å². The van der Waals surface area contributed by atoms with Gasteiger partial charge in [-0.15, -0.1) is 6.58 Å². The van der Waals surface area contributed by atoms with Crippen LogP contribution in [0, 0.1) is 11.8 Å². The highest BCUT2D eigenvalue weighted by Crippen LogP contribution is 2.19. The molecule has 1 amide bonds. The van der Waals surface area contributed by atoms with E-state index in [0.717, 1.165) is 6.54 Å². The van der Waals surface area contributed by atoms with Crippen LogP contribution in [-0.2, 0) is 4.79 Å². The van der Waals surface area contributed by atoms with Crippen LogP contribution in [0.5, 0.6) is 0 Å². The molecule has 0 aromatic carbocycles. The first-order valence-electron chi connectivity index (χ1n) is 5.24. The molecule has 1 rings (SSSR count). The zero-order valence-corrected chi connectivity index (χ0v) is 9.42. The monoisotopic (exact) mass is 195 g/mol. The SMILES string of the molecule is C=CC1CNC(=O)C1/C=C\C.CCC. The van der Waals surface area contributed by atoms with Crippen LogP contribution in [0.2, 0.25) is 0 Å². The molecule has 0 spiro atoms. The van der Waals surface area contributed by atoms with Gasteiger partial charge in [0.2, 0.25) is 5.91 Å². The summed E-state index contributed by atoms with van der Waals surface area (Å²) < 4.78 is 0. The van der Waals surface area contributed by atoms with Gasteiger partial charge in [-0.1, -0.05) is 38.5 Å². The maximum absolute atomic E-state index is 11.1. The van der Waals surface area contributed by atoms with Crippen molar-refractivity contribution in [2.75, 3.05) is 6.54 Å². The lowest BCUT2D eigenvalue weighted by Crippen LogP contribution is -2.17. The van der Waals surface area contributed by atoms with Crippen molar-refractivity contribution in [3.63, 3.8) is 0 Å². The van der Waals surface area contributed by atoms with Gasteiger partial charge in [-0.2, -0.15) is 0 Å². The number of carbonyl (C=O) groups excluding carboxylic acids is 1. The Bertz CT molecular complexity index is 208. The molecule has 2 unspecified atom stereocenters. The Labute approximate surface area is 87.1 Å². The minimum Gasteiger partial charge on any atom is -0.355 e. The third-order valence-electron chi connectivity index (χ3n) is 1.98. The molecule has 0 bridgehead atoms. The van der Waals surface area contributed by atoms with Crippen LogP contribution in [0.25, 0.3) is 0 Å². The lowest BCUT2D eigenvalue weighted by Gasteiger charge is -2.05. The van der Waals surface area contributed by atoms with E-state index in [1.807, 2.05) is 25.2 Å². The smallest absolute Gasteiger partial charge is 0.227 e. The third kappa shape index (κ3) is 3.77. The molecular weight excluding hydrogens is 174 g/mol. The lowest BCUT2D eigenvalue weighted by atomic mass is 9.95. The van der Waals surface area contributed by atoms with Crippen molar-refractivity contribution in [2.45, 2.75) is 27.2 Å². The highest BCUT2D eigenvalue weighted by atomic mass is 16.2. The number of carbonyl (C=O) groups is 1. The number of allylic oxidation sites excluding steroid dienone is 1. The summed E-state index contributed by atoms with van der Waals surface area (Å²) >= 11 is 0. The van der Waals surface area contributed by atoms with Gasteiger partial charge in [-0.3, -0.25) is 4.79 Å². The van der Waals surface area contributed by atoms with Gasteiger partial charge >= 0.3 is 0 Å². The molecule has 0 saturated carbocycles. The van der Waals surface area contributed by atoms with Gasteiger partial charge < -0.3 is 5.32 Å². The molecule has 14 heavy (non-hydrogen) atoms. The number of hydrogen-bond donors (Lipinski definition) is 1. The van der Waals surface area contributed by atoms with Crippen molar-refractivity contribution in [1.29, 1.82) is 0 Å². The largest absolute Gasteiger partial charge is 0.355 e. The summed E-state index contributed by atoms with van der Waals surface area (Å²) in [5.41, 5.74) is 0. The van der Waals surface area contributed by atoms with Gasteiger partial charge in [-0.05, 0) is 6.92 Å². The Balaban J connectivity index is 0.000000500. The van der Waals surface area contributed by atoms with E-state index in [1.54, 1.807) is 0 Å². The quantitative estimate of drug-likeness (QED) is 0.674. The Hall–Kier alpha value is -1.05. The standard InChI is InChI=1S/C9H13NO.C3H8/c1-3-5-8-7(4-2)6-10-9(8)11;1-3-2/h3-5,7-8H,2,6H2,1H3,(H,10,11);3H2,1-2H3/b5-3-;. The lowest BCUT2D eigenvalue weighted by molar-refractivity contribution is -0.121. The van der Waals surface area contributed by atoms with Crippen LogP contribution >= 0.6 is 0 Å². The second-order valence-electron chi connectivity index (χ2n) is 3.40. The first kappa shape index (κ1) is 12.9. The van der Waals surface area contributed by atoms with Crippen LogP contribution in [0.15, 0.2) is 24.8 Å². The molecule has 80 valence electrons. The van der Waals surface area contributed by atoms with Gasteiger partial charge in [0.15, 0.2) is 0 Å². The fraction of sp³-hybridized carbons (Fsp3) is 0.583. The topological polar surface area (TPSA) is 29.1 Å². The van der Waals surface area contributed by atoms with Crippen molar-refractivity contribution in [2.24, 2.45) is 11.8 Å². The Morgan fingerprint density at radius 3 is 2.57 bits per heavy atom. The van der Waals surface area contributed by atoms with Crippen molar-refractivity contribution < 1.29 is 4.79 Å². The third-order valence-corrected chi connectivity index (χ3v) is 1.98. The summed E-state index contributed by atoms with van der Waals surface area (Å²) in [5, 5.41) is 2.79. The molecule has 1 heterocycles. The fourth-order valence-corrected chi connectivity index (χ4v) is 1.33. The average Bonchev–Trinajstić information content (AvgIpc) is 2.50. The highest BCUT2D eigenvalue weighted by Gasteiger charge is 2.29. The molecule has 0 aliphatic carbocycles. The molecule has 1 saturated heterocycles. The summed E-state index contributed by atoms with van der Waals surface area (Å²) in [6.07, 6.45) is 6.92. The van der Waals surface area contributed by atoms with Crippen molar-refractivity contribution in [3.8, 4) is 0 Å². The van der Waals surface area contributed by atoms with Gasteiger partial charge in [0.05, 0.1) is 5.92 Å². The van der Waals surface area contributed by atoms with Crippen molar-refractivity contribution in [1.82, 2.24) is 5.32 Å². The van der Waals surface area contributed by atoms with Crippen LogP contribution in [-0.4, -0.2) is 12.5 Å². The van der Waals surface area contributed by atoms with E-state index in [-0.39, 0.29) is 17.7 Å². The van der Waals surface area contributed by atoms with Gasteiger partial charge in [0, 0.05) is 12.5 Å². The maximum Gasteiger partial charge on any atom is 0.227 e. The molecule has 1 aliphatic heterocycles. The molecule has 2 heteroatoms. The molecule has 0 aromatic rings. The van der Waals surface area contributed by atoms with E-state index in [9.17, 15) is 4.79 Å². The van der Waals surface area contributed by atoms with Crippen LogP contribution < -0.4 is 5.32 Å². The molecule has 2 atom stereocenters.